The van der Waals surface area contributed by atoms with Gasteiger partial charge in [0, 0.05) is 16.0 Å². The normalized spacial score (nSPS) is 10.7. The average molecular weight is 443 g/mol. The summed E-state index contributed by atoms with van der Waals surface area (Å²) in [4.78, 5) is 33.0. The summed E-state index contributed by atoms with van der Waals surface area (Å²) in [5.41, 5.74) is 5.86. The van der Waals surface area contributed by atoms with Gasteiger partial charge in [0.25, 0.3) is 11.8 Å². The highest BCUT2D eigenvalue weighted by Crippen LogP contribution is 2.27. The van der Waals surface area contributed by atoms with Crippen LogP contribution < -0.4 is 15.6 Å². The maximum atomic E-state index is 12.1. The van der Waals surface area contributed by atoms with Gasteiger partial charge in [0.05, 0.1) is 10.9 Å². The number of carbonyl (C=O) groups excluding carboxylic acids is 2. The number of nitrogens with zero attached hydrogens (tertiary/aromatic N) is 2. The second-order valence-corrected chi connectivity index (χ2v) is 7.28. The number of hydrogen-bond acceptors (Lipinski definition) is 5. The molecule has 0 atom stereocenters. The molecule has 144 valence electrons. The summed E-state index contributed by atoms with van der Waals surface area (Å²) in [6.07, 6.45) is 0. The van der Waals surface area contributed by atoms with Gasteiger partial charge in [-0.2, -0.15) is 4.98 Å². The van der Waals surface area contributed by atoms with Gasteiger partial charge in [0.1, 0.15) is 5.82 Å². The lowest BCUT2D eigenvalue weighted by Crippen LogP contribution is -2.43. The van der Waals surface area contributed by atoms with Crippen LogP contribution in [-0.2, 0) is 4.79 Å². The highest BCUT2D eigenvalue weighted by molar-refractivity contribution is 9.10. The molecule has 1 aromatic heterocycles. The zero-order valence-corrected chi connectivity index (χ0v) is 17.0. The molecule has 0 aliphatic carbocycles. The van der Waals surface area contributed by atoms with Crippen molar-refractivity contribution >= 4 is 38.6 Å². The monoisotopic (exact) mass is 442 g/mol. The van der Waals surface area contributed by atoms with Crippen LogP contribution >= 0.6 is 15.9 Å². The van der Waals surface area contributed by atoms with E-state index in [9.17, 15) is 9.59 Å². The summed E-state index contributed by atoms with van der Waals surface area (Å²) in [6.45, 7) is 3.66. The number of ether oxygens (including phenoxy) is 1. The number of hydrogen-bond donors (Lipinski definition) is 2. The van der Waals surface area contributed by atoms with Gasteiger partial charge >= 0.3 is 0 Å². The summed E-state index contributed by atoms with van der Waals surface area (Å²) < 4.78 is 6.48. The zero-order chi connectivity index (χ0) is 20.1. The van der Waals surface area contributed by atoms with Crippen molar-refractivity contribution in [2.45, 2.75) is 19.8 Å². The van der Waals surface area contributed by atoms with Crippen LogP contribution in [-0.4, -0.2) is 28.4 Å². The quantitative estimate of drug-likeness (QED) is 0.590. The van der Waals surface area contributed by atoms with E-state index >= 15 is 0 Å². The number of carbonyl (C=O) groups is 2. The third kappa shape index (κ3) is 4.83. The van der Waals surface area contributed by atoms with Gasteiger partial charge in [-0.3, -0.25) is 20.4 Å². The van der Waals surface area contributed by atoms with Crippen LogP contribution in [0.15, 0.2) is 53.0 Å². The minimum atomic E-state index is -0.503. The van der Waals surface area contributed by atoms with Gasteiger partial charge in [-0.1, -0.05) is 48.0 Å². The third-order valence-corrected chi connectivity index (χ3v) is 4.34. The van der Waals surface area contributed by atoms with Crippen LogP contribution in [0.5, 0.6) is 5.88 Å². The largest absolute Gasteiger partial charge is 0.467 e. The van der Waals surface area contributed by atoms with Crippen LogP contribution in [0.4, 0.5) is 0 Å². The van der Waals surface area contributed by atoms with E-state index in [0.29, 0.717) is 22.7 Å². The molecule has 0 spiro atoms. The van der Waals surface area contributed by atoms with Crippen LogP contribution in [0.1, 0.15) is 35.9 Å². The second kappa shape index (κ2) is 8.79. The number of aromatic nitrogens is 2. The standard InChI is InChI=1S/C20H19BrN4O3/c1-12(2)18-22-16-9-8-14(21)10-15(16)20(23-18)28-11-17(26)24-25-19(27)13-6-4-3-5-7-13/h3-10,12H,11H2,1-2H3,(H,24,26)(H,25,27). The Kier molecular flexibility index (Phi) is 6.20. The van der Waals surface area contributed by atoms with Crippen molar-refractivity contribution in [1.29, 1.82) is 0 Å². The van der Waals surface area contributed by atoms with Gasteiger partial charge in [-0.15, -0.1) is 0 Å². The first-order chi connectivity index (χ1) is 13.4. The minimum Gasteiger partial charge on any atom is -0.467 e. The molecule has 3 rings (SSSR count). The fraction of sp³-hybridized carbons (Fsp3) is 0.200. The molecule has 0 radical (unpaired) electrons. The van der Waals surface area contributed by atoms with E-state index in [-0.39, 0.29) is 12.5 Å². The number of rotatable bonds is 5. The predicted octanol–water partition coefficient (Wildman–Crippen LogP) is 3.36. The number of hydrazine groups is 1. The molecule has 3 aromatic rings. The molecule has 8 heteroatoms. The molecule has 0 saturated heterocycles. The summed E-state index contributed by atoms with van der Waals surface area (Å²) in [7, 11) is 0. The maximum Gasteiger partial charge on any atom is 0.276 e. The molecule has 2 amide bonds. The summed E-state index contributed by atoms with van der Waals surface area (Å²) in [5, 5.41) is 0.694. The smallest absolute Gasteiger partial charge is 0.276 e. The SMILES string of the molecule is CC(C)c1nc(OCC(=O)NNC(=O)c2ccccc2)c2cc(Br)ccc2n1. The van der Waals surface area contributed by atoms with Gasteiger partial charge in [0.2, 0.25) is 5.88 Å². The molecule has 0 bridgehead atoms. The lowest BCUT2D eigenvalue weighted by molar-refractivity contribution is -0.123. The maximum absolute atomic E-state index is 12.1. The van der Waals surface area contributed by atoms with Crippen molar-refractivity contribution < 1.29 is 14.3 Å². The molecule has 0 saturated carbocycles. The molecule has 1 heterocycles. The molecule has 28 heavy (non-hydrogen) atoms. The van der Waals surface area contributed by atoms with Gasteiger partial charge in [-0.25, -0.2) is 4.98 Å². The number of fused-ring (bicyclic) bond motifs is 1. The lowest BCUT2D eigenvalue weighted by Gasteiger charge is -2.12. The molecule has 0 unspecified atom stereocenters. The average Bonchev–Trinajstić information content (AvgIpc) is 2.70. The van der Waals surface area contributed by atoms with E-state index < -0.39 is 11.8 Å². The first kappa shape index (κ1) is 19.8. The lowest BCUT2D eigenvalue weighted by atomic mass is 10.2. The molecule has 2 aromatic carbocycles. The molecule has 0 aliphatic heterocycles. The summed E-state index contributed by atoms with van der Waals surface area (Å²) in [5.74, 6) is 0.140. The highest BCUT2D eigenvalue weighted by atomic mass is 79.9. The Morgan fingerprint density at radius 1 is 1.07 bits per heavy atom. The van der Waals surface area contributed by atoms with Crippen molar-refractivity contribution in [2.75, 3.05) is 6.61 Å². The molecule has 0 fully saturated rings. The third-order valence-electron chi connectivity index (χ3n) is 3.85. The second-order valence-electron chi connectivity index (χ2n) is 6.36. The first-order valence-corrected chi connectivity index (χ1v) is 9.47. The fourth-order valence-corrected chi connectivity index (χ4v) is 2.78. The summed E-state index contributed by atoms with van der Waals surface area (Å²) >= 11 is 3.42. The Morgan fingerprint density at radius 3 is 2.54 bits per heavy atom. The first-order valence-electron chi connectivity index (χ1n) is 8.68. The summed E-state index contributed by atoms with van der Waals surface area (Å²) in [6, 6.07) is 14.2. The number of amides is 2. The molecule has 0 aliphatic rings. The van der Waals surface area contributed by atoms with Crippen LogP contribution in [0.2, 0.25) is 0 Å². The van der Waals surface area contributed by atoms with Crippen molar-refractivity contribution in [2.24, 2.45) is 0 Å². The Hall–Kier alpha value is -3.00. The van der Waals surface area contributed by atoms with Crippen molar-refractivity contribution in [3.63, 3.8) is 0 Å². The Bertz CT molecular complexity index is 1010. The molecule has 2 N–H and O–H groups in total. The number of nitrogens with one attached hydrogen (secondary N) is 2. The Balaban J connectivity index is 1.68. The van der Waals surface area contributed by atoms with Gasteiger partial charge in [0.15, 0.2) is 6.61 Å². The van der Waals surface area contributed by atoms with Gasteiger partial charge in [-0.05, 0) is 30.3 Å². The van der Waals surface area contributed by atoms with Crippen molar-refractivity contribution in [1.82, 2.24) is 20.8 Å². The predicted molar refractivity (Wildman–Crippen MR) is 109 cm³/mol. The van der Waals surface area contributed by atoms with Crippen LogP contribution in [0.3, 0.4) is 0 Å². The van der Waals surface area contributed by atoms with E-state index in [1.165, 1.54) is 0 Å². The Morgan fingerprint density at radius 2 is 1.82 bits per heavy atom. The van der Waals surface area contributed by atoms with Crippen LogP contribution in [0, 0.1) is 0 Å². The zero-order valence-electron chi connectivity index (χ0n) is 15.4. The topological polar surface area (TPSA) is 93.2 Å². The fourth-order valence-electron chi connectivity index (χ4n) is 2.42. The van der Waals surface area contributed by atoms with E-state index in [1.54, 1.807) is 30.3 Å². The van der Waals surface area contributed by atoms with Crippen LogP contribution in [0.25, 0.3) is 10.9 Å². The van der Waals surface area contributed by atoms with Crippen molar-refractivity contribution in [3.8, 4) is 5.88 Å². The molecule has 7 nitrogen and oxygen atoms in total. The number of benzene rings is 2. The van der Waals surface area contributed by atoms with E-state index in [1.807, 2.05) is 32.0 Å². The van der Waals surface area contributed by atoms with Gasteiger partial charge < -0.3 is 4.74 Å². The van der Waals surface area contributed by atoms with E-state index in [2.05, 4.69) is 36.7 Å². The highest BCUT2D eigenvalue weighted by Gasteiger charge is 2.14. The van der Waals surface area contributed by atoms with E-state index in [0.717, 1.165) is 9.99 Å². The Labute approximate surface area is 170 Å². The van der Waals surface area contributed by atoms with E-state index in [4.69, 9.17) is 4.74 Å². The molecular formula is C20H19BrN4O3. The molecular weight excluding hydrogens is 424 g/mol. The van der Waals surface area contributed by atoms with Crippen molar-refractivity contribution in [3.05, 3.63) is 64.4 Å². The minimum absolute atomic E-state index is 0.106. The number of halogens is 1.